The predicted molar refractivity (Wildman–Crippen MR) is 157 cm³/mol. The summed E-state index contributed by atoms with van der Waals surface area (Å²) in [5, 5.41) is 0. The third kappa shape index (κ3) is 5.79. The maximum Gasteiger partial charge on any atom is 0.338 e. The minimum absolute atomic E-state index is 0.224. The molecule has 0 radical (unpaired) electrons. The van der Waals surface area contributed by atoms with Crippen molar-refractivity contribution in [3.63, 3.8) is 0 Å². The number of aromatic nitrogens is 1. The van der Waals surface area contributed by atoms with Crippen LogP contribution in [0.2, 0.25) is 0 Å². The molecule has 0 spiro atoms. The van der Waals surface area contributed by atoms with Crippen LogP contribution in [0.4, 0.5) is 0 Å². The first kappa shape index (κ1) is 28.6. The summed E-state index contributed by atoms with van der Waals surface area (Å²) in [7, 11) is 1.56. The maximum atomic E-state index is 13.9. The fourth-order valence-electron chi connectivity index (χ4n) is 4.43. The van der Waals surface area contributed by atoms with Gasteiger partial charge in [0.15, 0.2) is 16.3 Å². The van der Waals surface area contributed by atoms with Crippen molar-refractivity contribution in [3.8, 4) is 11.5 Å². The Bertz CT molecular complexity index is 1620. The van der Waals surface area contributed by atoms with E-state index in [9.17, 15) is 9.59 Å². The second-order valence-electron chi connectivity index (χ2n) is 9.26. The number of ether oxygens (including phenoxy) is 3. The molecule has 1 aromatic heterocycles. The number of carbonyl (C=O) groups is 1. The van der Waals surface area contributed by atoms with Crippen molar-refractivity contribution in [3.05, 3.63) is 101 Å². The van der Waals surface area contributed by atoms with Crippen LogP contribution in [0.1, 0.15) is 56.3 Å². The number of allylic oxidation sites excluding steroid dienone is 1. The zero-order valence-corrected chi connectivity index (χ0v) is 25.0. The summed E-state index contributed by atoms with van der Waals surface area (Å²) in [5.74, 6) is 0.951. The number of thiazole rings is 1. The van der Waals surface area contributed by atoms with Gasteiger partial charge in [0.2, 0.25) is 0 Å². The van der Waals surface area contributed by atoms with Gasteiger partial charge in [0.1, 0.15) is 6.61 Å². The zero-order chi connectivity index (χ0) is 28.3. The van der Waals surface area contributed by atoms with Gasteiger partial charge in [0.25, 0.3) is 5.56 Å². The highest BCUT2D eigenvalue weighted by Gasteiger charge is 2.33. The molecule has 3 aromatic rings. The standard InChI is InChI=1S/C30H31BrN2O5S/c1-7-13-38-27-22(31)14-19(15-23(27)36-6)16-24-28(34)33-26(21-11-9-20(10-12-21)17(3)4)25(29(35)37-8-2)18(5)32-30(33)39-24/h7,9-12,14-17,26H,1,8,13H2,2-6H3. The Labute approximate surface area is 239 Å². The van der Waals surface area contributed by atoms with Gasteiger partial charge in [-0.3, -0.25) is 9.36 Å². The lowest BCUT2D eigenvalue weighted by molar-refractivity contribution is -0.139. The van der Waals surface area contributed by atoms with Gasteiger partial charge in [-0.05, 0) is 70.6 Å². The highest BCUT2D eigenvalue weighted by molar-refractivity contribution is 9.10. The molecule has 2 aromatic carbocycles. The van der Waals surface area contributed by atoms with E-state index >= 15 is 0 Å². The fraction of sp³-hybridized carbons (Fsp3) is 0.300. The number of methoxy groups -OCH3 is 1. The molecule has 1 aliphatic heterocycles. The van der Waals surface area contributed by atoms with Crippen LogP contribution >= 0.6 is 27.3 Å². The summed E-state index contributed by atoms with van der Waals surface area (Å²) in [5.41, 5.74) is 3.39. The number of nitrogens with zero attached hydrogens (tertiary/aromatic N) is 2. The molecule has 1 unspecified atom stereocenters. The summed E-state index contributed by atoms with van der Waals surface area (Å²) in [6.45, 7) is 12.0. The van der Waals surface area contributed by atoms with Crippen molar-refractivity contribution < 1.29 is 19.0 Å². The number of halogens is 1. The first-order valence-corrected chi connectivity index (χ1v) is 14.2. The minimum atomic E-state index is -0.653. The van der Waals surface area contributed by atoms with Crippen molar-refractivity contribution in [2.45, 2.75) is 39.7 Å². The van der Waals surface area contributed by atoms with Crippen molar-refractivity contribution in [2.75, 3.05) is 20.3 Å². The van der Waals surface area contributed by atoms with Crippen molar-refractivity contribution in [1.82, 2.24) is 4.57 Å². The molecule has 0 bridgehead atoms. The molecule has 0 N–H and O–H groups in total. The van der Waals surface area contributed by atoms with Crippen molar-refractivity contribution in [1.29, 1.82) is 0 Å². The Hall–Kier alpha value is -3.43. The van der Waals surface area contributed by atoms with Crippen LogP contribution in [-0.4, -0.2) is 30.9 Å². The fourth-order valence-corrected chi connectivity index (χ4v) is 6.05. The predicted octanol–water partition coefficient (Wildman–Crippen LogP) is 5.26. The van der Waals surface area contributed by atoms with E-state index in [0.717, 1.165) is 11.1 Å². The summed E-state index contributed by atoms with van der Waals surface area (Å²) in [6, 6.07) is 11.0. The van der Waals surface area contributed by atoms with E-state index in [2.05, 4.69) is 41.3 Å². The summed E-state index contributed by atoms with van der Waals surface area (Å²) >= 11 is 4.82. The molecule has 4 rings (SSSR count). The number of hydrogen-bond donors (Lipinski definition) is 0. The van der Waals surface area contributed by atoms with E-state index in [1.165, 1.54) is 16.9 Å². The van der Waals surface area contributed by atoms with Crippen LogP contribution in [0, 0.1) is 0 Å². The Balaban J connectivity index is 1.89. The molecular formula is C30H31BrN2O5S. The van der Waals surface area contributed by atoms with E-state index in [0.29, 0.717) is 49.1 Å². The van der Waals surface area contributed by atoms with E-state index in [4.69, 9.17) is 14.2 Å². The lowest BCUT2D eigenvalue weighted by Crippen LogP contribution is -2.39. The average molecular weight is 612 g/mol. The Kier molecular flexibility index (Phi) is 8.92. The molecule has 1 aliphatic rings. The number of hydrogen-bond acceptors (Lipinski definition) is 7. The highest BCUT2D eigenvalue weighted by Crippen LogP contribution is 2.37. The van der Waals surface area contributed by atoms with Gasteiger partial charge in [-0.25, -0.2) is 9.79 Å². The molecule has 7 nitrogen and oxygen atoms in total. The number of rotatable bonds is 9. The Morgan fingerprint density at radius 2 is 1.97 bits per heavy atom. The molecule has 9 heteroatoms. The lowest BCUT2D eigenvalue weighted by Gasteiger charge is -2.25. The lowest BCUT2D eigenvalue weighted by atomic mass is 9.93. The zero-order valence-electron chi connectivity index (χ0n) is 22.6. The number of carbonyl (C=O) groups excluding carboxylic acids is 1. The van der Waals surface area contributed by atoms with E-state index in [-0.39, 0.29) is 12.2 Å². The normalized spacial score (nSPS) is 15.2. The molecular weight excluding hydrogens is 580 g/mol. The van der Waals surface area contributed by atoms with E-state index in [1.54, 1.807) is 43.7 Å². The van der Waals surface area contributed by atoms with Gasteiger partial charge in [-0.2, -0.15) is 0 Å². The first-order chi connectivity index (χ1) is 18.7. The molecule has 0 fully saturated rings. The van der Waals surface area contributed by atoms with Crippen LogP contribution in [-0.2, 0) is 9.53 Å². The third-order valence-corrected chi connectivity index (χ3v) is 7.90. The Morgan fingerprint density at radius 3 is 2.59 bits per heavy atom. The molecule has 0 saturated heterocycles. The van der Waals surface area contributed by atoms with Crippen molar-refractivity contribution in [2.24, 2.45) is 4.99 Å². The first-order valence-electron chi connectivity index (χ1n) is 12.6. The highest BCUT2D eigenvalue weighted by atomic mass is 79.9. The Morgan fingerprint density at radius 1 is 1.26 bits per heavy atom. The van der Waals surface area contributed by atoms with E-state index < -0.39 is 12.0 Å². The monoisotopic (exact) mass is 610 g/mol. The van der Waals surface area contributed by atoms with Crippen LogP contribution in [0.3, 0.4) is 0 Å². The van der Waals surface area contributed by atoms with E-state index in [1.807, 2.05) is 30.3 Å². The van der Waals surface area contributed by atoms with Gasteiger partial charge < -0.3 is 14.2 Å². The van der Waals surface area contributed by atoms with Crippen LogP contribution in [0.25, 0.3) is 6.08 Å². The second-order valence-corrected chi connectivity index (χ2v) is 11.1. The smallest absolute Gasteiger partial charge is 0.338 e. The van der Waals surface area contributed by atoms with Crippen molar-refractivity contribution >= 4 is 39.3 Å². The summed E-state index contributed by atoms with van der Waals surface area (Å²) < 4.78 is 19.4. The van der Waals surface area contributed by atoms with Crippen LogP contribution < -0.4 is 24.4 Å². The topological polar surface area (TPSA) is 79.1 Å². The quantitative estimate of drug-likeness (QED) is 0.244. The molecule has 0 saturated carbocycles. The SMILES string of the molecule is C=CCOc1c(Br)cc(C=c2sc3n(c2=O)C(c2ccc(C(C)C)cc2)C(C(=O)OCC)=C(C)N=3)cc1OC. The molecule has 1 atom stereocenters. The third-order valence-electron chi connectivity index (χ3n) is 6.33. The van der Waals surface area contributed by atoms with Gasteiger partial charge >= 0.3 is 5.97 Å². The number of fused-ring (bicyclic) bond motifs is 1. The van der Waals surface area contributed by atoms with Crippen LogP contribution in [0.5, 0.6) is 11.5 Å². The largest absolute Gasteiger partial charge is 0.493 e. The van der Waals surface area contributed by atoms with Gasteiger partial charge in [-0.1, -0.05) is 62.1 Å². The maximum absolute atomic E-state index is 13.9. The molecule has 39 heavy (non-hydrogen) atoms. The van der Waals surface area contributed by atoms with Gasteiger partial charge in [-0.15, -0.1) is 0 Å². The summed E-state index contributed by atoms with van der Waals surface area (Å²) in [6.07, 6.45) is 3.44. The van der Waals surface area contributed by atoms with Gasteiger partial charge in [0, 0.05) is 0 Å². The molecule has 204 valence electrons. The summed E-state index contributed by atoms with van der Waals surface area (Å²) in [4.78, 5) is 32.2. The minimum Gasteiger partial charge on any atom is -0.493 e. The number of benzene rings is 2. The average Bonchev–Trinajstić information content (AvgIpc) is 3.21. The molecule has 0 aliphatic carbocycles. The van der Waals surface area contributed by atoms with Gasteiger partial charge in [0.05, 0.1) is 40.0 Å². The second kappa shape index (κ2) is 12.2. The van der Waals surface area contributed by atoms with Crippen LogP contribution in [0.15, 0.2) is 74.6 Å². The molecule has 2 heterocycles. The molecule has 0 amide bonds. The number of esters is 1.